The van der Waals surface area contributed by atoms with Crippen molar-refractivity contribution < 1.29 is 9.59 Å². The first-order valence-corrected chi connectivity index (χ1v) is 7.95. The van der Waals surface area contributed by atoms with Crippen LogP contribution in [0.1, 0.15) is 66.2 Å². The first-order valence-electron chi connectivity index (χ1n) is 7.95. The number of hydrogen-bond donors (Lipinski definition) is 2. The quantitative estimate of drug-likeness (QED) is 0.573. The van der Waals surface area contributed by atoms with Crippen LogP contribution in [-0.4, -0.2) is 24.9 Å². The lowest BCUT2D eigenvalue weighted by Crippen LogP contribution is -2.26. The van der Waals surface area contributed by atoms with Crippen molar-refractivity contribution in [3.63, 3.8) is 0 Å². The zero-order valence-electron chi connectivity index (χ0n) is 13.6. The molecule has 0 aromatic rings. The molecule has 0 radical (unpaired) electrons. The second-order valence-corrected chi connectivity index (χ2v) is 6.29. The van der Waals surface area contributed by atoms with Gasteiger partial charge in [-0.25, -0.2) is 0 Å². The molecule has 118 valence electrons. The number of unbranched alkanes of at least 4 members (excludes halogenated alkanes) is 1. The largest absolute Gasteiger partial charge is 0.356 e. The van der Waals surface area contributed by atoms with Crippen molar-refractivity contribution in [1.82, 2.24) is 10.6 Å². The molecule has 0 saturated carbocycles. The molecule has 0 atom stereocenters. The minimum Gasteiger partial charge on any atom is -0.356 e. The number of carbonyl (C=O) groups is 2. The van der Waals surface area contributed by atoms with Crippen molar-refractivity contribution in [2.45, 2.75) is 66.2 Å². The van der Waals surface area contributed by atoms with Crippen LogP contribution in [0.25, 0.3) is 0 Å². The molecular weight excluding hydrogens is 252 g/mol. The van der Waals surface area contributed by atoms with E-state index in [2.05, 4.69) is 24.5 Å². The van der Waals surface area contributed by atoms with E-state index in [1.54, 1.807) is 0 Å². The summed E-state index contributed by atoms with van der Waals surface area (Å²) in [6.45, 7) is 9.89. The molecule has 2 N–H and O–H groups in total. The van der Waals surface area contributed by atoms with Crippen LogP contribution in [0.2, 0.25) is 0 Å². The molecule has 0 aromatic heterocycles. The highest BCUT2D eigenvalue weighted by Gasteiger charge is 2.04. The molecule has 0 spiro atoms. The fourth-order valence-electron chi connectivity index (χ4n) is 1.91. The van der Waals surface area contributed by atoms with Gasteiger partial charge in [0.15, 0.2) is 0 Å². The first kappa shape index (κ1) is 18.9. The monoisotopic (exact) mass is 284 g/mol. The highest BCUT2D eigenvalue weighted by Crippen LogP contribution is 2.02. The van der Waals surface area contributed by atoms with E-state index in [1.807, 2.05) is 13.8 Å². The summed E-state index contributed by atoms with van der Waals surface area (Å²) in [5.74, 6) is 1.33. The molecule has 0 bridgehead atoms. The van der Waals surface area contributed by atoms with Crippen LogP contribution >= 0.6 is 0 Å². The lowest BCUT2D eigenvalue weighted by molar-refractivity contribution is -0.121. The smallest absolute Gasteiger partial charge is 0.220 e. The fraction of sp³-hybridized carbons (Fsp3) is 0.875. The number of hydrogen-bond acceptors (Lipinski definition) is 2. The Morgan fingerprint density at radius 3 is 2.00 bits per heavy atom. The van der Waals surface area contributed by atoms with Gasteiger partial charge in [0.1, 0.15) is 0 Å². The lowest BCUT2D eigenvalue weighted by Gasteiger charge is -2.08. The standard InChI is InChI=1S/C16H32N2O2/c1-13(2)8-7-11-17-15(19)9-5-6-10-18-16(20)12-14(3)4/h13-14H,5-12H2,1-4H3,(H,17,19)(H,18,20). The zero-order valence-corrected chi connectivity index (χ0v) is 13.6. The van der Waals surface area contributed by atoms with E-state index in [0.29, 0.717) is 31.2 Å². The highest BCUT2D eigenvalue weighted by molar-refractivity contribution is 5.76. The van der Waals surface area contributed by atoms with Crippen molar-refractivity contribution in [3.05, 3.63) is 0 Å². The Kier molecular flexibility index (Phi) is 11.1. The molecule has 20 heavy (non-hydrogen) atoms. The summed E-state index contributed by atoms with van der Waals surface area (Å²) >= 11 is 0. The summed E-state index contributed by atoms with van der Waals surface area (Å²) in [5.41, 5.74) is 0. The highest BCUT2D eigenvalue weighted by atomic mass is 16.2. The lowest BCUT2D eigenvalue weighted by atomic mass is 10.1. The van der Waals surface area contributed by atoms with Crippen LogP contribution in [0, 0.1) is 11.8 Å². The van der Waals surface area contributed by atoms with Gasteiger partial charge in [0.05, 0.1) is 0 Å². The molecular formula is C16H32N2O2. The normalized spacial score (nSPS) is 10.9. The summed E-state index contributed by atoms with van der Waals surface area (Å²) in [4.78, 5) is 22.9. The second-order valence-electron chi connectivity index (χ2n) is 6.29. The van der Waals surface area contributed by atoms with Gasteiger partial charge in [0.2, 0.25) is 11.8 Å². The van der Waals surface area contributed by atoms with Gasteiger partial charge in [-0.15, -0.1) is 0 Å². The Bertz CT molecular complexity index is 276. The minimum absolute atomic E-state index is 0.109. The molecule has 0 rings (SSSR count). The SMILES string of the molecule is CC(C)CCCNC(=O)CCCCNC(=O)CC(C)C. The van der Waals surface area contributed by atoms with Crippen molar-refractivity contribution >= 4 is 11.8 Å². The minimum atomic E-state index is 0.109. The average molecular weight is 284 g/mol. The Hall–Kier alpha value is -1.06. The third kappa shape index (κ3) is 13.4. The summed E-state index contributed by atoms with van der Waals surface area (Å²) in [6.07, 6.45) is 5.04. The van der Waals surface area contributed by atoms with Gasteiger partial charge in [-0.3, -0.25) is 9.59 Å². The van der Waals surface area contributed by atoms with Crippen LogP contribution < -0.4 is 10.6 Å². The van der Waals surface area contributed by atoms with E-state index < -0.39 is 0 Å². The van der Waals surface area contributed by atoms with Crippen LogP contribution in [0.3, 0.4) is 0 Å². The van der Waals surface area contributed by atoms with Crippen LogP contribution in [-0.2, 0) is 9.59 Å². The van der Waals surface area contributed by atoms with Gasteiger partial charge in [-0.05, 0) is 37.5 Å². The summed E-state index contributed by atoms with van der Waals surface area (Å²) in [7, 11) is 0. The maximum Gasteiger partial charge on any atom is 0.220 e. The Balaban J connectivity index is 3.37. The molecule has 0 fully saturated rings. The van der Waals surface area contributed by atoms with Crippen molar-refractivity contribution in [1.29, 1.82) is 0 Å². The molecule has 4 heteroatoms. The maximum atomic E-state index is 11.5. The van der Waals surface area contributed by atoms with Gasteiger partial charge in [-0.1, -0.05) is 27.7 Å². The fourth-order valence-corrected chi connectivity index (χ4v) is 1.91. The van der Waals surface area contributed by atoms with Crippen molar-refractivity contribution in [2.24, 2.45) is 11.8 Å². The van der Waals surface area contributed by atoms with Gasteiger partial charge < -0.3 is 10.6 Å². The van der Waals surface area contributed by atoms with Crippen LogP contribution in [0.5, 0.6) is 0 Å². The van der Waals surface area contributed by atoms with Gasteiger partial charge in [0, 0.05) is 25.9 Å². The molecule has 0 unspecified atom stereocenters. The summed E-state index contributed by atoms with van der Waals surface area (Å²) in [5, 5.41) is 5.82. The van der Waals surface area contributed by atoms with Gasteiger partial charge >= 0.3 is 0 Å². The molecule has 0 saturated heterocycles. The van der Waals surface area contributed by atoms with E-state index in [4.69, 9.17) is 0 Å². The van der Waals surface area contributed by atoms with E-state index in [-0.39, 0.29) is 11.8 Å². The summed E-state index contributed by atoms with van der Waals surface area (Å²) in [6, 6.07) is 0. The third-order valence-electron chi connectivity index (χ3n) is 3.03. The predicted molar refractivity (Wildman–Crippen MR) is 83.4 cm³/mol. The van der Waals surface area contributed by atoms with E-state index in [1.165, 1.54) is 0 Å². The van der Waals surface area contributed by atoms with E-state index in [9.17, 15) is 9.59 Å². The van der Waals surface area contributed by atoms with Gasteiger partial charge in [0.25, 0.3) is 0 Å². The second kappa shape index (κ2) is 11.7. The Labute approximate surface area is 124 Å². The number of amides is 2. The number of nitrogens with one attached hydrogen (secondary N) is 2. The van der Waals surface area contributed by atoms with Gasteiger partial charge in [-0.2, -0.15) is 0 Å². The third-order valence-corrected chi connectivity index (χ3v) is 3.03. The molecule has 2 amide bonds. The van der Waals surface area contributed by atoms with Crippen LogP contribution in [0.15, 0.2) is 0 Å². The topological polar surface area (TPSA) is 58.2 Å². The van der Waals surface area contributed by atoms with Crippen molar-refractivity contribution in [2.75, 3.05) is 13.1 Å². The Morgan fingerprint density at radius 2 is 1.40 bits per heavy atom. The predicted octanol–water partition coefficient (Wildman–Crippen LogP) is 2.87. The molecule has 0 aliphatic carbocycles. The van der Waals surface area contributed by atoms with Crippen LogP contribution in [0.4, 0.5) is 0 Å². The maximum absolute atomic E-state index is 11.5. The number of carbonyl (C=O) groups excluding carboxylic acids is 2. The molecule has 0 aliphatic heterocycles. The zero-order chi connectivity index (χ0) is 15.4. The van der Waals surface area contributed by atoms with E-state index >= 15 is 0 Å². The first-order chi connectivity index (χ1) is 9.41. The molecule has 0 heterocycles. The molecule has 4 nitrogen and oxygen atoms in total. The van der Waals surface area contributed by atoms with E-state index in [0.717, 1.165) is 32.2 Å². The number of rotatable bonds is 11. The van der Waals surface area contributed by atoms with Crippen molar-refractivity contribution in [3.8, 4) is 0 Å². The Morgan fingerprint density at radius 1 is 0.800 bits per heavy atom. The average Bonchev–Trinajstić information content (AvgIpc) is 2.33. The molecule has 0 aliphatic rings. The summed E-state index contributed by atoms with van der Waals surface area (Å²) < 4.78 is 0. The molecule has 0 aromatic carbocycles.